The lowest BCUT2D eigenvalue weighted by atomic mass is 9.86. The van der Waals surface area contributed by atoms with Crippen molar-refractivity contribution in [3.8, 4) is 5.75 Å². The van der Waals surface area contributed by atoms with E-state index in [1.165, 1.54) is 12.7 Å². The van der Waals surface area contributed by atoms with Gasteiger partial charge in [-0.1, -0.05) is 32.9 Å². The number of carbonyl (C=O) groups is 1. The van der Waals surface area contributed by atoms with Crippen LogP contribution in [0.15, 0.2) is 18.2 Å². The molecule has 0 aromatic heterocycles. The fraction of sp³-hybridized carbons (Fsp3) is 0.533. The minimum atomic E-state index is -0.760. The normalized spacial score (nSPS) is 12.9. The van der Waals surface area contributed by atoms with Crippen LogP contribution in [-0.2, 0) is 14.9 Å². The van der Waals surface area contributed by atoms with E-state index in [-0.39, 0.29) is 12.0 Å². The van der Waals surface area contributed by atoms with Gasteiger partial charge in [0, 0.05) is 7.11 Å². The highest BCUT2D eigenvalue weighted by Crippen LogP contribution is 2.28. The highest BCUT2D eigenvalue weighted by atomic mass is 16.5. The molecule has 0 spiro atoms. The monoisotopic (exact) mass is 280 g/mol. The lowest BCUT2D eigenvalue weighted by Gasteiger charge is -2.22. The number of benzene rings is 1. The standard InChI is InChI=1S/C15H24N2O3/c1-10-8-11(15(2,3)4)6-7-12(10)20-13(9-19-5)14(18)17-16/h6-8,13H,9,16H2,1-5H3,(H,17,18). The van der Waals surface area contributed by atoms with Crippen LogP contribution in [0.25, 0.3) is 0 Å². The third-order valence-electron chi connectivity index (χ3n) is 3.06. The summed E-state index contributed by atoms with van der Waals surface area (Å²) >= 11 is 0. The van der Waals surface area contributed by atoms with Gasteiger partial charge in [-0.2, -0.15) is 0 Å². The Morgan fingerprint density at radius 2 is 2.05 bits per heavy atom. The van der Waals surface area contributed by atoms with Gasteiger partial charge in [-0.15, -0.1) is 0 Å². The van der Waals surface area contributed by atoms with Crippen molar-refractivity contribution in [3.05, 3.63) is 29.3 Å². The summed E-state index contributed by atoms with van der Waals surface area (Å²) in [7, 11) is 1.51. The van der Waals surface area contributed by atoms with Gasteiger partial charge in [0.15, 0.2) is 0 Å². The van der Waals surface area contributed by atoms with Crippen molar-refractivity contribution in [2.24, 2.45) is 5.84 Å². The first-order valence-electron chi connectivity index (χ1n) is 6.56. The molecular weight excluding hydrogens is 256 g/mol. The lowest BCUT2D eigenvalue weighted by Crippen LogP contribution is -2.44. The summed E-state index contributed by atoms with van der Waals surface area (Å²) in [6.45, 7) is 8.55. The largest absolute Gasteiger partial charge is 0.478 e. The summed E-state index contributed by atoms with van der Waals surface area (Å²) < 4.78 is 10.7. The first-order valence-corrected chi connectivity index (χ1v) is 6.56. The van der Waals surface area contributed by atoms with Gasteiger partial charge in [0.1, 0.15) is 5.75 Å². The number of amides is 1. The number of aryl methyl sites for hydroxylation is 1. The number of methoxy groups -OCH3 is 1. The Morgan fingerprint density at radius 3 is 2.50 bits per heavy atom. The van der Waals surface area contributed by atoms with Crippen LogP contribution in [-0.4, -0.2) is 25.7 Å². The minimum Gasteiger partial charge on any atom is -0.478 e. The average Bonchev–Trinajstić information content (AvgIpc) is 2.38. The molecule has 0 aliphatic rings. The summed E-state index contributed by atoms with van der Waals surface area (Å²) in [4.78, 5) is 11.6. The average molecular weight is 280 g/mol. The van der Waals surface area contributed by atoms with E-state index < -0.39 is 12.0 Å². The Bertz CT molecular complexity index is 467. The summed E-state index contributed by atoms with van der Waals surface area (Å²) in [6.07, 6.45) is -0.760. The number of carbonyl (C=O) groups excluding carboxylic acids is 1. The molecule has 5 nitrogen and oxygen atoms in total. The number of hydrazine groups is 1. The molecule has 0 bridgehead atoms. The maximum atomic E-state index is 11.6. The van der Waals surface area contributed by atoms with Crippen molar-refractivity contribution in [1.29, 1.82) is 0 Å². The summed E-state index contributed by atoms with van der Waals surface area (Å²) in [5, 5.41) is 0. The Kier molecular flexibility index (Phi) is 5.53. The van der Waals surface area contributed by atoms with Crippen molar-refractivity contribution >= 4 is 5.91 Å². The molecule has 1 unspecified atom stereocenters. The number of nitrogens with one attached hydrogen (secondary N) is 1. The van der Waals surface area contributed by atoms with Gasteiger partial charge in [-0.25, -0.2) is 5.84 Å². The zero-order valence-electron chi connectivity index (χ0n) is 12.8. The van der Waals surface area contributed by atoms with Crippen molar-refractivity contribution in [3.63, 3.8) is 0 Å². The summed E-state index contributed by atoms with van der Waals surface area (Å²) in [5.74, 6) is 5.39. The van der Waals surface area contributed by atoms with Gasteiger partial charge in [0.25, 0.3) is 5.91 Å². The Hall–Kier alpha value is -1.59. The highest BCUT2D eigenvalue weighted by molar-refractivity contribution is 5.80. The fourth-order valence-corrected chi connectivity index (χ4v) is 1.81. The van der Waals surface area contributed by atoms with Crippen LogP contribution in [0.3, 0.4) is 0 Å². The number of nitrogens with two attached hydrogens (primary N) is 1. The maximum absolute atomic E-state index is 11.6. The van der Waals surface area contributed by atoms with E-state index in [4.69, 9.17) is 15.3 Å². The molecule has 1 amide bonds. The van der Waals surface area contributed by atoms with Crippen LogP contribution in [0.4, 0.5) is 0 Å². The van der Waals surface area contributed by atoms with Crippen LogP contribution < -0.4 is 16.0 Å². The van der Waals surface area contributed by atoms with Crippen molar-refractivity contribution in [2.75, 3.05) is 13.7 Å². The second-order valence-corrected chi connectivity index (χ2v) is 5.80. The predicted octanol–water partition coefficient (Wildman–Crippen LogP) is 1.68. The van der Waals surface area contributed by atoms with E-state index in [1.807, 2.05) is 19.1 Å². The van der Waals surface area contributed by atoms with Gasteiger partial charge >= 0.3 is 0 Å². The molecule has 0 saturated heterocycles. The number of hydrogen-bond acceptors (Lipinski definition) is 4. The van der Waals surface area contributed by atoms with Crippen LogP contribution >= 0.6 is 0 Å². The Labute approximate surface area is 120 Å². The molecule has 1 aromatic rings. The molecule has 1 atom stereocenters. The third kappa shape index (κ3) is 4.21. The topological polar surface area (TPSA) is 73.6 Å². The van der Waals surface area contributed by atoms with Crippen LogP contribution in [0.5, 0.6) is 5.75 Å². The molecule has 1 aromatic carbocycles. The lowest BCUT2D eigenvalue weighted by molar-refractivity contribution is -0.130. The number of rotatable bonds is 5. The SMILES string of the molecule is COCC(Oc1ccc(C(C)(C)C)cc1C)C(=O)NN. The molecule has 0 saturated carbocycles. The molecule has 5 heteroatoms. The van der Waals surface area contributed by atoms with Crippen molar-refractivity contribution < 1.29 is 14.3 Å². The first-order chi connectivity index (χ1) is 9.29. The minimum absolute atomic E-state index is 0.0733. The smallest absolute Gasteiger partial charge is 0.277 e. The van der Waals surface area contributed by atoms with Crippen LogP contribution in [0, 0.1) is 6.92 Å². The molecular formula is C15H24N2O3. The second kappa shape index (κ2) is 6.72. The molecule has 3 N–H and O–H groups in total. The fourth-order valence-electron chi connectivity index (χ4n) is 1.81. The molecule has 0 aliphatic heterocycles. The summed E-state index contributed by atoms with van der Waals surface area (Å²) in [5.41, 5.74) is 4.35. The van der Waals surface area contributed by atoms with E-state index >= 15 is 0 Å². The van der Waals surface area contributed by atoms with E-state index in [2.05, 4.69) is 32.3 Å². The molecule has 0 heterocycles. The van der Waals surface area contributed by atoms with Crippen molar-refractivity contribution in [2.45, 2.75) is 39.2 Å². The molecule has 0 aliphatic carbocycles. The Balaban J connectivity index is 2.94. The zero-order chi connectivity index (χ0) is 15.3. The van der Waals surface area contributed by atoms with E-state index in [1.54, 1.807) is 0 Å². The summed E-state index contributed by atoms with van der Waals surface area (Å²) in [6, 6.07) is 5.95. The van der Waals surface area contributed by atoms with E-state index in [0.29, 0.717) is 5.75 Å². The highest BCUT2D eigenvalue weighted by Gasteiger charge is 2.21. The van der Waals surface area contributed by atoms with E-state index in [9.17, 15) is 4.79 Å². The van der Waals surface area contributed by atoms with E-state index in [0.717, 1.165) is 5.56 Å². The molecule has 112 valence electrons. The quantitative estimate of drug-likeness (QED) is 0.489. The zero-order valence-corrected chi connectivity index (χ0v) is 12.8. The van der Waals surface area contributed by atoms with Gasteiger partial charge in [-0.05, 0) is 29.5 Å². The Morgan fingerprint density at radius 1 is 1.40 bits per heavy atom. The third-order valence-corrected chi connectivity index (χ3v) is 3.06. The van der Waals surface area contributed by atoms with Crippen LogP contribution in [0.1, 0.15) is 31.9 Å². The molecule has 0 fully saturated rings. The molecule has 0 radical (unpaired) electrons. The number of ether oxygens (including phenoxy) is 2. The van der Waals surface area contributed by atoms with Gasteiger partial charge in [0.2, 0.25) is 6.10 Å². The van der Waals surface area contributed by atoms with Gasteiger partial charge < -0.3 is 9.47 Å². The second-order valence-electron chi connectivity index (χ2n) is 5.80. The molecule has 1 rings (SSSR count). The number of hydrogen-bond donors (Lipinski definition) is 2. The van der Waals surface area contributed by atoms with Crippen molar-refractivity contribution in [1.82, 2.24) is 5.43 Å². The predicted molar refractivity (Wildman–Crippen MR) is 78.5 cm³/mol. The van der Waals surface area contributed by atoms with Crippen LogP contribution in [0.2, 0.25) is 0 Å². The molecule has 20 heavy (non-hydrogen) atoms. The maximum Gasteiger partial charge on any atom is 0.277 e. The van der Waals surface area contributed by atoms with Gasteiger partial charge in [-0.3, -0.25) is 10.2 Å². The van der Waals surface area contributed by atoms with Gasteiger partial charge in [0.05, 0.1) is 6.61 Å². The first kappa shape index (κ1) is 16.5.